The first kappa shape index (κ1) is 19.0. The van der Waals surface area contributed by atoms with Crippen LogP contribution in [0.4, 0.5) is 4.79 Å². The molecular formula is C13H21N5O7S. The highest BCUT2D eigenvalue weighted by Gasteiger charge is 2.48. The molecule has 26 heavy (non-hydrogen) atoms. The number of amidine groups is 1. The quantitative estimate of drug-likeness (QED) is 0.282. The molecule has 2 bridgehead atoms. The van der Waals surface area contributed by atoms with Crippen molar-refractivity contribution in [3.63, 3.8) is 0 Å². The molecule has 0 aromatic carbocycles. The Labute approximate surface area is 150 Å². The van der Waals surface area contributed by atoms with Crippen LogP contribution in [-0.2, 0) is 24.2 Å². The molecule has 3 amide bonds. The molecule has 3 heterocycles. The molecule has 0 spiro atoms. The maximum atomic E-state index is 12.3. The van der Waals surface area contributed by atoms with Crippen molar-refractivity contribution >= 4 is 28.2 Å². The minimum atomic E-state index is -4.81. The molecule has 3 fully saturated rings. The zero-order valence-corrected chi connectivity index (χ0v) is 14.7. The number of carbonyl (C=O) groups excluding carboxylic acids is 2. The van der Waals surface area contributed by atoms with E-state index in [4.69, 9.17) is 15.0 Å². The fraction of sp³-hybridized carbons (Fsp3) is 0.769. The first-order valence-corrected chi connectivity index (χ1v) is 9.56. The zero-order chi connectivity index (χ0) is 18.9. The van der Waals surface area contributed by atoms with Crippen molar-refractivity contribution in [3.05, 3.63) is 0 Å². The number of nitrogens with zero attached hydrogens (tertiary/aromatic N) is 3. The predicted molar refractivity (Wildman–Crippen MR) is 87.2 cm³/mol. The number of ether oxygens (including phenoxy) is 1. The number of piperidine rings is 1. The van der Waals surface area contributed by atoms with Gasteiger partial charge in [-0.2, -0.15) is 18.5 Å². The second-order valence-electron chi connectivity index (χ2n) is 6.36. The molecular weight excluding hydrogens is 370 g/mol. The second-order valence-corrected chi connectivity index (χ2v) is 7.37. The Morgan fingerprint density at radius 3 is 2.92 bits per heavy atom. The number of nitrogens with two attached hydrogens (primary N) is 1. The molecule has 4 N–H and O–H groups in total. The Bertz CT molecular complexity index is 704. The molecule has 0 saturated carbocycles. The zero-order valence-electron chi connectivity index (χ0n) is 13.9. The van der Waals surface area contributed by atoms with Crippen molar-refractivity contribution in [2.75, 3.05) is 32.8 Å². The molecule has 0 aliphatic carbocycles. The van der Waals surface area contributed by atoms with Crippen LogP contribution in [0.1, 0.15) is 12.8 Å². The van der Waals surface area contributed by atoms with Crippen LogP contribution in [0.5, 0.6) is 0 Å². The second kappa shape index (κ2) is 7.44. The van der Waals surface area contributed by atoms with Crippen molar-refractivity contribution < 1.29 is 31.6 Å². The molecule has 3 aliphatic rings. The van der Waals surface area contributed by atoms with E-state index in [9.17, 15) is 18.0 Å². The van der Waals surface area contributed by atoms with E-state index < -0.39 is 40.3 Å². The SMILES string of the molecule is NC(=NC(=O)C1CNCCOC1)[C@@H]1CC[C@@H]2CN1C(=O)N2OS(=O)(=O)O. The van der Waals surface area contributed by atoms with Gasteiger partial charge in [0.05, 0.1) is 31.2 Å². The number of aliphatic imine (C=N–C) groups is 1. The molecule has 3 rings (SSSR count). The summed E-state index contributed by atoms with van der Waals surface area (Å²) in [4.78, 5) is 29.9. The van der Waals surface area contributed by atoms with E-state index >= 15 is 0 Å². The molecule has 0 aromatic rings. The van der Waals surface area contributed by atoms with Crippen LogP contribution in [0.3, 0.4) is 0 Å². The lowest BCUT2D eigenvalue weighted by Gasteiger charge is -2.29. The van der Waals surface area contributed by atoms with Crippen LogP contribution in [0.2, 0.25) is 0 Å². The summed E-state index contributed by atoms with van der Waals surface area (Å²) < 4.78 is 40.3. The minimum Gasteiger partial charge on any atom is -0.385 e. The monoisotopic (exact) mass is 391 g/mol. The van der Waals surface area contributed by atoms with Gasteiger partial charge in [-0.3, -0.25) is 9.35 Å². The molecule has 12 nitrogen and oxygen atoms in total. The number of fused-ring (bicyclic) bond motifs is 2. The van der Waals surface area contributed by atoms with Crippen LogP contribution >= 0.6 is 0 Å². The van der Waals surface area contributed by atoms with Crippen LogP contribution < -0.4 is 11.1 Å². The highest BCUT2D eigenvalue weighted by atomic mass is 32.3. The Kier molecular flexibility index (Phi) is 5.43. The maximum absolute atomic E-state index is 12.3. The summed E-state index contributed by atoms with van der Waals surface area (Å²) in [6.45, 7) is 2.00. The summed E-state index contributed by atoms with van der Waals surface area (Å²) in [6.07, 6.45) is 0.782. The van der Waals surface area contributed by atoms with Crippen LogP contribution in [0.15, 0.2) is 4.99 Å². The van der Waals surface area contributed by atoms with Gasteiger partial charge in [-0.1, -0.05) is 0 Å². The van der Waals surface area contributed by atoms with Crippen molar-refractivity contribution in [2.24, 2.45) is 16.6 Å². The first-order valence-electron chi connectivity index (χ1n) is 8.19. The van der Waals surface area contributed by atoms with E-state index in [1.165, 1.54) is 4.90 Å². The van der Waals surface area contributed by atoms with Gasteiger partial charge in [0.25, 0.3) is 5.91 Å². The Morgan fingerprint density at radius 2 is 2.19 bits per heavy atom. The molecule has 0 aromatic heterocycles. The first-order chi connectivity index (χ1) is 12.3. The molecule has 0 radical (unpaired) electrons. The summed E-state index contributed by atoms with van der Waals surface area (Å²) >= 11 is 0. The smallest absolute Gasteiger partial charge is 0.385 e. The number of carbonyl (C=O) groups is 2. The fourth-order valence-corrected chi connectivity index (χ4v) is 3.68. The van der Waals surface area contributed by atoms with E-state index in [1.54, 1.807) is 0 Å². The van der Waals surface area contributed by atoms with Gasteiger partial charge in [0.15, 0.2) is 0 Å². The number of nitrogens with one attached hydrogen (secondary N) is 1. The molecule has 3 atom stereocenters. The lowest BCUT2D eigenvalue weighted by atomic mass is 10.00. The normalized spacial score (nSPS) is 30.4. The van der Waals surface area contributed by atoms with Crippen molar-refractivity contribution in [3.8, 4) is 0 Å². The largest absolute Gasteiger partial charge is 0.418 e. The van der Waals surface area contributed by atoms with Crippen molar-refractivity contribution in [2.45, 2.75) is 24.9 Å². The predicted octanol–water partition coefficient (Wildman–Crippen LogP) is -1.89. The molecule has 146 valence electrons. The number of hydrogen-bond acceptors (Lipinski definition) is 7. The van der Waals surface area contributed by atoms with Gasteiger partial charge in [0.2, 0.25) is 0 Å². The van der Waals surface area contributed by atoms with Gasteiger partial charge in [0.1, 0.15) is 5.84 Å². The van der Waals surface area contributed by atoms with E-state index in [2.05, 4.69) is 14.6 Å². The average Bonchev–Trinajstić information content (AvgIpc) is 2.79. The highest BCUT2D eigenvalue weighted by molar-refractivity contribution is 7.80. The number of amides is 3. The summed E-state index contributed by atoms with van der Waals surface area (Å²) in [6, 6.07) is -1.92. The summed E-state index contributed by atoms with van der Waals surface area (Å²) in [5.74, 6) is -0.905. The van der Waals surface area contributed by atoms with Gasteiger partial charge in [-0.25, -0.2) is 4.79 Å². The summed E-state index contributed by atoms with van der Waals surface area (Å²) in [5, 5.41) is 3.69. The van der Waals surface area contributed by atoms with Gasteiger partial charge in [0, 0.05) is 19.6 Å². The third-order valence-corrected chi connectivity index (χ3v) is 4.91. The number of hydroxylamine groups is 2. The van der Waals surface area contributed by atoms with Crippen LogP contribution in [0.25, 0.3) is 0 Å². The average molecular weight is 391 g/mol. The van der Waals surface area contributed by atoms with Crippen molar-refractivity contribution in [1.82, 2.24) is 15.3 Å². The summed E-state index contributed by atoms with van der Waals surface area (Å²) in [7, 11) is -4.81. The molecule has 3 aliphatic heterocycles. The van der Waals surface area contributed by atoms with E-state index in [0.29, 0.717) is 37.6 Å². The Balaban J connectivity index is 1.70. The highest BCUT2D eigenvalue weighted by Crippen LogP contribution is 2.30. The summed E-state index contributed by atoms with van der Waals surface area (Å²) in [5.41, 5.74) is 5.96. The lowest BCUT2D eigenvalue weighted by Crippen LogP contribution is -2.48. The third-order valence-electron chi connectivity index (χ3n) is 4.56. The fourth-order valence-electron chi connectivity index (χ4n) is 3.30. The molecule has 3 saturated heterocycles. The Morgan fingerprint density at radius 1 is 1.42 bits per heavy atom. The third kappa shape index (κ3) is 4.12. The number of hydrogen-bond donors (Lipinski definition) is 3. The standard InChI is InChI=1S/C13H21N5O7S/c14-11(16-12(19)8-5-15-3-4-24-7-8)10-2-1-9-6-17(10)13(20)18(9)25-26(21,22)23/h8-10,15H,1-7H2,(H2,14,16,19)(H,21,22,23)/t8?,9-,10+/m1/s1. The van der Waals surface area contributed by atoms with Gasteiger partial charge >= 0.3 is 16.4 Å². The van der Waals surface area contributed by atoms with Gasteiger partial charge in [-0.05, 0) is 12.8 Å². The number of urea groups is 1. The van der Waals surface area contributed by atoms with Crippen LogP contribution in [0, 0.1) is 5.92 Å². The van der Waals surface area contributed by atoms with Crippen LogP contribution in [-0.4, -0.2) is 85.6 Å². The van der Waals surface area contributed by atoms with Gasteiger partial charge in [-0.15, -0.1) is 4.28 Å². The number of rotatable bonds is 4. The van der Waals surface area contributed by atoms with E-state index in [0.717, 1.165) is 0 Å². The van der Waals surface area contributed by atoms with E-state index in [-0.39, 0.29) is 19.0 Å². The maximum Gasteiger partial charge on any atom is 0.418 e. The van der Waals surface area contributed by atoms with E-state index in [1.807, 2.05) is 0 Å². The Hall–Kier alpha value is -1.80. The minimum absolute atomic E-state index is 0.0141. The molecule has 1 unspecified atom stereocenters. The van der Waals surface area contributed by atoms with Crippen molar-refractivity contribution in [1.29, 1.82) is 0 Å². The lowest BCUT2D eigenvalue weighted by molar-refractivity contribution is -0.122. The van der Waals surface area contributed by atoms with Gasteiger partial charge < -0.3 is 20.7 Å². The molecule has 13 heteroatoms. The topological polar surface area (TPSA) is 164 Å².